The fourth-order valence-electron chi connectivity index (χ4n) is 4.66. The van der Waals surface area contributed by atoms with Gasteiger partial charge in [0.15, 0.2) is 0 Å². The topological polar surface area (TPSA) is 18.5 Å². The van der Waals surface area contributed by atoms with Crippen LogP contribution in [0, 0.1) is 0 Å². The van der Waals surface area contributed by atoms with Gasteiger partial charge in [-0.1, -0.05) is 13.3 Å². The van der Waals surface area contributed by atoms with E-state index in [2.05, 4.69) is 22.0 Å². The highest BCUT2D eigenvalue weighted by atomic mass is 15.2. The minimum Gasteiger partial charge on any atom is -0.314 e. The van der Waals surface area contributed by atoms with Crippen LogP contribution in [-0.2, 0) is 0 Å². The summed E-state index contributed by atoms with van der Waals surface area (Å²) in [7, 11) is 0. The van der Waals surface area contributed by atoms with Crippen molar-refractivity contribution in [2.75, 3.05) is 32.7 Å². The Bertz CT molecular complexity index is 280. The summed E-state index contributed by atoms with van der Waals surface area (Å²) in [6.45, 7) is 8.81. The number of nitrogens with one attached hydrogen (secondary N) is 1. The minimum absolute atomic E-state index is 0.796. The van der Waals surface area contributed by atoms with Crippen LogP contribution in [0.4, 0.5) is 0 Å². The Hall–Kier alpha value is -0.120. The van der Waals surface area contributed by atoms with Gasteiger partial charge in [-0.2, -0.15) is 0 Å². The quantitative estimate of drug-likeness (QED) is 0.853. The molecule has 3 rings (SSSR count). The summed E-state index contributed by atoms with van der Waals surface area (Å²) in [5, 5.41) is 3.64. The van der Waals surface area contributed by atoms with Gasteiger partial charge in [0.25, 0.3) is 0 Å². The first-order valence-corrected chi connectivity index (χ1v) is 9.08. The van der Waals surface area contributed by atoms with E-state index >= 15 is 0 Å². The van der Waals surface area contributed by atoms with E-state index in [1.807, 2.05) is 0 Å². The van der Waals surface area contributed by atoms with Crippen molar-refractivity contribution in [2.45, 2.75) is 76.4 Å². The Morgan fingerprint density at radius 3 is 2.20 bits per heavy atom. The predicted octanol–water partition coefficient (Wildman–Crippen LogP) is 2.47. The zero-order valence-electron chi connectivity index (χ0n) is 13.3. The van der Waals surface area contributed by atoms with Crippen LogP contribution in [0.1, 0.15) is 58.3 Å². The average molecular weight is 279 g/mol. The highest BCUT2D eigenvalue weighted by Gasteiger charge is 2.32. The molecule has 0 bridgehead atoms. The van der Waals surface area contributed by atoms with Crippen LogP contribution in [0.2, 0.25) is 0 Å². The molecule has 2 atom stereocenters. The summed E-state index contributed by atoms with van der Waals surface area (Å²) < 4.78 is 0. The van der Waals surface area contributed by atoms with Crippen LogP contribution in [0.3, 0.4) is 0 Å². The lowest BCUT2D eigenvalue weighted by Gasteiger charge is -2.42. The van der Waals surface area contributed by atoms with E-state index in [1.165, 1.54) is 77.5 Å². The molecule has 0 spiro atoms. The molecule has 2 unspecified atom stereocenters. The molecule has 3 fully saturated rings. The zero-order valence-corrected chi connectivity index (χ0v) is 13.3. The lowest BCUT2D eigenvalue weighted by molar-refractivity contribution is 0.0729. The molecule has 3 nitrogen and oxygen atoms in total. The van der Waals surface area contributed by atoms with Gasteiger partial charge in [0.1, 0.15) is 0 Å². The summed E-state index contributed by atoms with van der Waals surface area (Å²) in [5.41, 5.74) is 0. The fourth-order valence-corrected chi connectivity index (χ4v) is 4.66. The van der Waals surface area contributed by atoms with E-state index < -0.39 is 0 Å². The molecule has 20 heavy (non-hydrogen) atoms. The molecule has 3 aliphatic rings. The third kappa shape index (κ3) is 3.55. The number of rotatable bonds is 4. The standard InChI is InChI=1S/C17H33N3/c1-2-18-15-6-7-17(14-15)20-12-8-16(9-13-20)19-10-4-3-5-11-19/h15-18H,2-14H2,1H3. The van der Waals surface area contributed by atoms with Crippen molar-refractivity contribution < 1.29 is 0 Å². The van der Waals surface area contributed by atoms with E-state index in [4.69, 9.17) is 0 Å². The van der Waals surface area contributed by atoms with Crippen molar-refractivity contribution in [3.63, 3.8) is 0 Å². The van der Waals surface area contributed by atoms with Gasteiger partial charge < -0.3 is 15.1 Å². The van der Waals surface area contributed by atoms with Gasteiger partial charge in [-0.3, -0.25) is 0 Å². The molecule has 2 heterocycles. The zero-order chi connectivity index (χ0) is 13.8. The van der Waals surface area contributed by atoms with E-state index in [0.717, 1.165) is 24.7 Å². The molecule has 1 N–H and O–H groups in total. The number of hydrogen-bond donors (Lipinski definition) is 1. The van der Waals surface area contributed by atoms with Gasteiger partial charge in [-0.05, 0) is 77.7 Å². The minimum atomic E-state index is 0.796. The van der Waals surface area contributed by atoms with Crippen LogP contribution >= 0.6 is 0 Å². The van der Waals surface area contributed by atoms with E-state index in [0.29, 0.717) is 0 Å². The maximum atomic E-state index is 3.64. The second-order valence-corrected chi connectivity index (χ2v) is 7.09. The summed E-state index contributed by atoms with van der Waals surface area (Å²) in [5.74, 6) is 0. The fraction of sp³-hybridized carbons (Fsp3) is 1.00. The van der Waals surface area contributed by atoms with E-state index in [9.17, 15) is 0 Å². The van der Waals surface area contributed by atoms with Gasteiger partial charge in [0.05, 0.1) is 0 Å². The van der Waals surface area contributed by atoms with Crippen LogP contribution in [0.25, 0.3) is 0 Å². The number of likely N-dealkylation sites (tertiary alicyclic amines) is 2. The molecule has 1 aliphatic carbocycles. The number of piperidine rings is 2. The Kier molecular flexibility index (Phi) is 5.36. The summed E-state index contributed by atoms with van der Waals surface area (Å²) in [6, 6.07) is 2.57. The summed E-state index contributed by atoms with van der Waals surface area (Å²) >= 11 is 0. The highest BCUT2D eigenvalue weighted by molar-refractivity contribution is 4.90. The molecular weight excluding hydrogens is 246 g/mol. The molecule has 0 aromatic rings. The average Bonchev–Trinajstić information content (AvgIpc) is 2.97. The van der Waals surface area contributed by atoms with E-state index in [-0.39, 0.29) is 0 Å². The third-order valence-corrected chi connectivity index (χ3v) is 5.82. The monoisotopic (exact) mass is 279 g/mol. The molecule has 0 aromatic carbocycles. The smallest absolute Gasteiger partial charge is 0.0120 e. The van der Waals surface area contributed by atoms with Gasteiger partial charge in [0.2, 0.25) is 0 Å². The first kappa shape index (κ1) is 14.8. The molecule has 3 heteroatoms. The predicted molar refractivity (Wildman–Crippen MR) is 85.1 cm³/mol. The highest BCUT2D eigenvalue weighted by Crippen LogP contribution is 2.28. The lowest BCUT2D eigenvalue weighted by atomic mass is 9.98. The molecule has 0 radical (unpaired) electrons. The molecule has 0 aromatic heterocycles. The summed E-state index contributed by atoms with van der Waals surface area (Å²) in [6.07, 6.45) is 11.4. The number of nitrogens with zero attached hydrogens (tertiary/aromatic N) is 2. The largest absolute Gasteiger partial charge is 0.314 e. The van der Waals surface area contributed by atoms with Crippen molar-refractivity contribution >= 4 is 0 Å². The van der Waals surface area contributed by atoms with Crippen molar-refractivity contribution in [2.24, 2.45) is 0 Å². The van der Waals surface area contributed by atoms with Crippen molar-refractivity contribution in [3.05, 3.63) is 0 Å². The van der Waals surface area contributed by atoms with Crippen molar-refractivity contribution in [1.82, 2.24) is 15.1 Å². The third-order valence-electron chi connectivity index (χ3n) is 5.82. The Morgan fingerprint density at radius 2 is 1.50 bits per heavy atom. The van der Waals surface area contributed by atoms with Gasteiger partial charge in [-0.25, -0.2) is 0 Å². The summed E-state index contributed by atoms with van der Waals surface area (Å²) in [4.78, 5) is 5.59. The van der Waals surface area contributed by atoms with Crippen LogP contribution in [0.15, 0.2) is 0 Å². The Morgan fingerprint density at radius 1 is 0.800 bits per heavy atom. The molecule has 0 amide bonds. The van der Waals surface area contributed by atoms with Crippen molar-refractivity contribution in [1.29, 1.82) is 0 Å². The molecular formula is C17H33N3. The molecule has 1 saturated carbocycles. The Labute approximate surface area is 125 Å². The van der Waals surface area contributed by atoms with Crippen LogP contribution in [0.5, 0.6) is 0 Å². The second kappa shape index (κ2) is 7.24. The first-order chi connectivity index (χ1) is 9.86. The number of hydrogen-bond acceptors (Lipinski definition) is 3. The maximum Gasteiger partial charge on any atom is 0.0120 e. The molecule has 2 aliphatic heterocycles. The normalized spacial score (nSPS) is 34.6. The van der Waals surface area contributed by atoms with Crippen LogP contribution < -0.4 is 5.32 Å². The Balaban J connectivity index is 1.42. The van der Waals surface area contributed by atoms with Gasteiger partial charge in [-0.15, -0.1) is 0 Å². The van der Waals surface area contributed by atoms with E-state index in [1.54, 1.807) is 0 Å². The van der Waals surface area contributed by atoms with Crippen LogP contribution in [-0.4, -0.2) is 60.6 Å². The lowest BCUT2D eigenvalue weighted by Crippen LogP contribution is -2.49. The first-order valence-electron chi connectivity index (χ1n) is 9.08. The second-order valence-electron chi connectivity index (χ2n) is 7.09. The van der Waals surface area contributed by atoms with Gasteiger partial charge >= 0.3 is 0 Å². The molecule has 2 saturated heterocycles. The maximum absolute atomic E-state index is 3.64. The van der Waals surface area contributed by atoms with Crippen molar-refractivity contribution in [3.8, 4) is 0 Å². The van der Waals surface area contributed by atoms with Gasteiger partial charge in [0, 0.05) is 18.1 Å². The SMILES string of the molecule is CCNC1CCC(N2CCC(N3CCCCC3)CC2)C1. The molecule has 116 valence electrons.